The molecule has 5 heteroatoms. The average Bonchev–Trinajstić information content (AvgIpc) is 2.89. The van der Waals surface area contributed by atoms with Crippen LogP contribution in [0.2, 0.25) is 0 Å². The van der Waals surface area contributed by atoms with Crippen LogP contribution < -0.4 is 5.32 Å². The van der Waals surface area contributed by atoms with Crippen LogP contribution in [0.1, 0.15) is 36.3 Å². The number of fused-ring (bicyclic) bond motifs is 1. The van der Waals surface area contributed by atoms with Crippen molar-refractivity contribution in [2.45, 2.75) is 32.2 Å². The number of anilines is 1. The highest BCUT2D eigenvalue weighted by Crippen LogP contribution is 2.27. The SMILES string of the molecule is C[C@H](Nc1ncnc2c1CCC2)c1cnccn1. The lowest BCUT2D eigenvalue weighted by molar-refractivity contribution is 0.814. The van der Waals surface area contributed by atoms with Gasteiger partial charge < -0.3 is 5.32 Å². The second-order valence-corrected chi connectivity index (χ2v) is 4.50. The minimum absolute atomic E-state index is 0.0956. The molecule has 2 heterocycles. The Labute approximate surface area is 106 Å². The lowest BCUT2D eigenvalue weighted by atomic mass is 10.2. The maximum atomic E-state index is 4.35. The molecule has 0 amide bonds. The van der Waals surface area contributed by atoms with Gasteiger partial charge in [-0.1, -0.05) is 0 Å². The van der Waals surface area contributed by atoms with Gasteiger partial charge in [-0.15, -0.1) is 0 Å². The van der Waals surface area contributed by atoms with E-state index in [1.165, 1.54) is 17.7 Å². The maximum absolute atomic E-state index is 4.35. The molecular formula is C13H15N5. The molecule has 0 aliphatic heterocycles. The predicted molar refractivity (Wildman–Crippen MR) is 68.1 cm³/mol. The van der Waals surface area contributed by atoms with Crippen molar-refractivity contribution in [2.24, 2.45) is 0 Å². The van der Waals surface area contributed by atoms with Crippen LogP contribution in [0.3, 0.4) is 0 Å². The third-order valence-electron chi connectivity index (χ3n) is 3.25. The van der Waals surface area contributed by atoms with Crippen molar-refractivity contribution >= 4 is 5.82 Å². The predicted octanol–water partition coefficient (Wildman–Crippen LogP) is 1.93. The average molecular weight is 241 g/mol. The van der Waals surface area contributed by atoms with Crippen molar-refractivity contribution in [3.63, 3.8) is 0 Å². The smallest absolute Gasteiger partial charge is 0.133 e. The summed E-state index contributed by atoms with van der Waals surface area (Å²) in [4.78, 5) is 17.1. The second kappa shape index (κ2) is 4.68. The first kappa shape index (κ1) is 11.1. The van der Waals surface area contributed by atoms with E-state index >= 15 is 0 Å². The Bertz CT molecular complexity index is 540. The molecule has 1 N–H and O–H groups in total. The number of nitrogens with one attached hydrogen (secondary N) is 1. The fourth-order valence-corrected chi connectivity index (χ4v) is 2.30. The van der Waals surface area contributed by atoms with Gasteiger partial charge in [0.05, 0.1) is 17.9 Å². The zero-order valence-electron chi connectivity index (χ0n) is 10.3. The van der Waals surface area contributed by atoms with E-state index in [0.29, 0.717) is 0 Å². The Hall–Kier alpha value is -2.04. The minimum Gasteiger partial charge on any atom is -0.362 e. The number of hydrogen-bond donors (Lipinski definition) is 1. The summed E-state index contributed by atoms with van der Waals surface area (Å²) in [6.45, 7) is 2.06. The Morgan fingerprint density at radius 2 is 2.11 bits per heavy atom. The Kier molecular flexibility index (Phi) is 2.88. The molecule has 1 aliphatic rings. The molecule has 0 fully saturated rings. The third-order valence-corrected chi connectivity index (χ3v) is 3.25. The van der Waals surface area contributed by atoms with Crippen LogP contribution in [0.25, 0.3) is 0 Å². The van der Waals surface area contributed by atoms with E-state index in [1.807, 2.05) is 0 Å². The number of aromatic nitrogens is 4. The van der Waals surface area contributed by atoms with Gasteiger partial charge in [-0.25, -0.2) is 9.97 Å². The maximum Gasteiger partial charge on any atom is 0.133 e. The highest BCUT2D eigenvalue weighted by atomic mass is 15.1. The molecule has 0 spiro atoms. The topological polar surface area (TPSA) is 63.6 Å². The van der Waals surface area contributed by atoms with E-state index in [4.69, 9.17) is 0 Å². The van der Waals surface area contributed by atoms with Gasteiger partial charge in [0, 0.05) is 23.7 Å². The van der Waals surface area contributed by atoms with E-state index in [9.17, 15) is 0 Å². The van der Waals surface area contributed by atoms with Gasteiger partial charge in [-0.3, -0.25) is 9.97 Å². The fourth-order valence-electron chi connectivity index (χ4n) is 2.30. The first-order valence-corrected chi connectivity index (χ1v) is 6.20. The van der Waals surface area contributed by atoms with Crippen molar-refractivity contribution in [3.8, 4) is 0 Å². The lowest BCUT2D eigenvalue weighted by Gasteiger charge is -2.15. The van der Waals surface area contributed by atoms with Crippen LogP contribution in [0, 0.1) is 0 Å². The van der Waals surface area contributed by atoms with Crippen molar-refractivity contribution in [1.82, 2.24) is 19.9 Å². The summed E-state index contributed by atoms with van der Waals surface area (Å²) in [6.07, 6.45) is 10.1. The molecular weight excluding hydrogens is 226 g/mol. The number of hydrogen-bond acceptors (Lipinski definition) is 5. The van der Waals surface area contributed by atoms with Gasteiger partial charge in [0.15, 0.2) is 0 Å². The standard InChI is InChI=1S/C13H15N5/c1-9(12-7-14-5-6-15-12)18-13-10-3-2-4-11(10)16-8-17-13/h5-9H,2-4H2,1H3,(H,16,17,18)/t9-/m0/s1. The van der Waals surface area contributed by atoms with E-state index in [0.717, 1.165) is 24.4 Å². The molecule has 0 radical (unpaired) electrons. The van der Waals surface area contributed by atoms with Crippen LogP contribution in [-0.2, 0) is 12.8 Å². The number of aryl methyl sites for hydroxylation is 1. The Morgan fingerprint density at radius 1 is 1.17 bits per heavy atom. The van der Waals surface area contributed by atoms with E-state index < -0.39 is 0 Å². The first-order chi connectivity index (χ1) is 8.84. The summed E-state index contributed by atoms with van der Waals surface area (Å²) in [7, 11) is 0. The summed E-state index contributed by atoms with van der Waals surface area (Å²) >= 11 is 0. The van der Waals surface area contributed by atoms with E-state index in [1.54, 1.807) is 24.9 Å². The van der Waals surface area contributed by atoms with Crippen LogP contribution in [0.15, 0.2) is 24.9 Å². The van der Waals surface area contributed by atoms with Gasteiger partial charge in [-0.05, 0) is 26.2 Å². The van der Waals surface area contributed by atoms with Crippen molar-refractivity contribution in [2.75, 3.05) is 5.32 Å². The van der Waals surface area contributed by atoms with Crippen molar-refractivity contribution in [1.29, 1.82) is 0 Å². The first-order valence-electron chi connectivity index (χ1n) is 6.20. The van der Waals surface area contributed by atoms with Crippen molar-refractivity contribution in [3.05, 3.63) is 41.9 Å². The summed E-state index contributed by atoms with van der Waals surface area (Å²) < 4.78 is 0. The van der Waals surface area contributed by atoms with Crippen LogP contribution in [0.5, 0.6) is 0 Å². The molecule has 2 aromatic heterocycles. The minimum atomic E-state index is 0.0956. The fraction of sp³-hybridized carbons (Fsp3) is 0.385. The molecule has 0 aromatic carbocycles. The summed E-state index contributed by atoms with van der Waals surface area (Å²) in [6, 6.07) is 0.0956. The largest absolute Gasteiger partial charge is 0.362 e. The summed E-state index contributed by atoms with van der Waals surface area (Å²) in [5.74, 6) is 0.940. The van der Waals surface area contributed by atoms with Gasteiger partial charge in [0.25, 0.3) is 0 Å². The summed E-state index contributed by atoms with van der Waals surface area (Å²) in [5.41, 5.74) is 3.36. The monoisotopic (exact) mass is 241 g/mol. The molecule has 0 saturated carbocycles. The number of nitrogens with zero attached hydrogens (tertiary/aromatic N) is 4. The highest BCUT2D eigenvalue weighted by Gasteiger charge is 2.18. The van der Waals surface area contributed by atoms with Crippen molar-refractivity contribution < 1.29 is 0 Å². The van der Waals surface area contributed by atoms with Gasteiger partial charge in [0.1, 0.15) is 12.1 Å². The Morgan fingerprint density at radius 3 is 2.94 bits per heavy atom. The zero-order chi connectivity index (χ0) is 12.4. The molecule has 0 bridgehead atoms. The molecule has 0 unspecified atom stereocenters. The van der Waals surface area contributed by atoms with Crippen LogP contribution >= 0.6 is 0 Å². The second-order valence-electron chi connectivity index (χ2n) is 4.50. The van der Waals surface area contributed by atoms with Gasteiger partial charge in [0.2, 0.25) is 0 Å². The molecule has 18 heavy (non-hydrogen) atoms. The van der Waals surface area contributed by atoms with E-state index in [2.05, 4.69) is 32.2 Å². The van der Waals surface area contributed by atoms with Gasteiger partial charge in [-0.2, -0.15) is 0 Å². The zero-order valence-corrected chi connectivity index (χ0v) is 10.3. The van der Waals surface area contributed by atoms with Gasteiger partial charge >= 0.3 is 0 Å². The van der Waals surface area contributed by atoms with Crippen LogP contribution in [0.4, 0.5) is 5.82 Å². The lowest BCUT2D eigenvalue weighted by Crippen LogP contribution is -2.12. The molecule has 5 nitrogen and oxygen atoms in total. The number of rotatable bonds is 3. The molecule has 1 aliphatic carbocycles. The third kappa shape index (κ3) is 2.03. The van der Waals surface area contributed by atoms with Crippen LogP contribution in [-0.4, -0.2) is 19.9 Å². The normalized spacial score (nSPS) is 15.2. The van der Waals surface area contributed by atoms with E-state index in [-0.39, 0.29) is 6.04 Å². The molecule has 92 valence electrons. The summed E-state index contributed by atoms with van der Waals surface area (Å²) in [5, 5.41) is 3.40. The molecule has 3 rings (SSSR count). The molecule has 2 aromatic rings. The molecule has 1 atom stereocenters. The molecule has 0 saturated heterocycles. The Balaban J connectivity index is 1.83. The quantitative estimate of drug-likeness (QED) is 0.889. The highest BCUT2D eigenvalue weighted by molar-refractivity contribution is 5.49.